The predicted molar refractivity (Wildman–Crippen MR) is 122 cm³/mol. The van der Waals surface area contributed by atoms with Gasteiger partial charge in [0.25, 0.3) is 5.91 Å². The summed E-state index contributed by atoms with van der Waals surface area (Å²) in [5, 5.41) is 0.554. The van der Waals surface area contributed by atoms with Crippen molar-refractivity contribution < 1.29 is 23.8 Å². The van der Waals surface area contributed by atoms with Crippen LogP contribution in [0.5, 0.6) is 11.5 Å². The lowest BCUT2D eigenvalue weighted by Gasteiger charge is -2.11. The minimum Gasteiger partial charge on any atom is -0.490 e. The van der Waals surface area contributed by atoms with Crippen LogP contribution in [0, 0.1) is 0 Å². The van der Waals surface area contributed by atoms with Gasteiger partial charge in [-0.1, -0.05) is 6.07 Å². The summed E-state index contributed by atoms with van der Waals surface area (Å²) in [5.41, 5.74) is 1.91. The Labute approximate surface area is 185 Å². The van der Waals surface area contributed by atoms with Gasteiger partial charge >= 0.3 is 5.97 Å². The molecule has 31 heavy (non-hydrogen) atoms. The molecular formula is C23H24N2O5S. The van der Waals surface area contributed by atoms with Crippen LogP contribution in [-0.4, -0.2) is 49.3 Å². The molecule has 2 aromatic rings. The number of carbonyl (C=O) groups is 2. The van der Waals surface area contributed by atoms with Crippen LogP contribution in [0.2, 0.25) is 0 Å². The summed E-state index contributed by atoms with van der Waals surface area (Å²) in [4.78, 5) is 30.9. The first kappa shape index (κ1) is 22.4. The maximum Gasteiger partial charge on any atom is 0.337 e. The number of amides is 1. The summed E-state index contributed by atoms with van der Waals surface area (Å²) in [5.74, 6) is 0.768. The molecule has 1 heterocycles. The number of hydrogen-bond acceptors (Lipinski definition) is 7. The van der Waals surface area contributed by atoms with Gasteiger partial charge in [-0.15, -0.1) is 0 Å². The number of carbonyl (C=O) groups excluding carboxylic acids is 2. The second-order valence-corrected chi connectivity index (χ2v) is 7.49. The van der Waals surface area contributed by atoms with E-state index in [1.165, 1.54) is 23.8 Å². The lowest BCUT2D eigenvalue weighted by atomic mass is 10.2. The maximum atomic E-state index is 12.7. The minimum absolute atomic E-state index is 0.137. The van der Waals surface area contributed by atoms with Crippen molar-refractivity contribution in [2.45, 2.75) is 13.8 Å². The largest absolute Gasteiger partial charge is 0.490 e. The molecule has 1 amide bonds. The van der Waals surface area contributed by atoms with Gasteiger partial charge in [-0.2, -0.15) is 0 Å². The molecule has 7 nitrogen and oxygen atoms in total. The molecule has 0 aliphatic carbocycles. The summed E-state index contributed by atoms with van der Waals surface area (Å²) >= 11 is 1.29. The Kier molecular flexibility index (Phi) is 7.36. The number of hydrogen-bond donors (Lipinski definition) is 0. The van der Waals surface area contributed by atoms with E-state index in [9.17, 15) is 9.59 Å². The van der Waals surface area contributed by atoms with Crippen LogP contribution < -0.4 is 9.47 Å². The third kappa shape index (κ3) is 5.27. The van der Waals surface area contributed by atoms with Crippen LogP contribution in [0.3, 0.4) is 0 Å². The molecule has 8 heteroatoms. The highest BCUT2D eigenvalue weighted by atomic mass is 32.2. The first-order valence-corrected chi connectivity index (χ1v) is 10.6. The number of methoxy groups -OCH3 is 1. The van der Waals surface area contributed by atoms with Crippen molar-refractivity contribution in [1.82, 2.24) is 4.90 Å². The van der Waals surface area contributed by atoms with Gasteiger partial charge < -0.3 is 14.2 Å². The van der Waals surface area contributed by atoms with Gasteiger partial charge in [0.2, 0.25) is 0 Å². The van der Waals surface area contributed by atoms with Crippen LogP contribution in [0.4, 0.5) is 5.69 Å². The van der Waals surface area contributed by atoms with E-state index in [0.29, 0.717) is 46.0 Å². The van der Waals surface area contributed by atoms with Gasteiger partial charge in [-0.05, 0) is 73.6 Å². The van der Waals surface area contributed by atoms with E-state index in [-0.39, 0.29) is 5.91 Å². The smallest absolute Gasteiger partial charge is 0.337 e. The summed E-state index contributed by atoms with van der Waals surface area (Å²) in [6.45, 7) is 4.88. The Morgan fingerprint density at radius 3 is 2.39 bits per heavy atom. The van der Waals surface area contributed by atoms with Crippen LogP contribution in [0.15, 0.2) is 52.4 Å². The number of esters is 1. The molecule has 0 saturated carbocycles. The Hall–Kier alpha value is -3.26. The Bertz CT molecular complexity index is 1030. The average Bonchev–Trinajstić information content (AvgIpc) is 3.03. The van der Waals surface area contributed by atoms with Crippen LogP contribution in [0.25, 0.3) is 6.08 Å². The van der Waals surface area contributed by atoms with Gasteiger partial charge in [0.1, 0.15) is 0 Å². The van der Waals surface area contributed by atoms with Crippen molar-refractivity contribution in [2.75, 3.05) is 27.4 Å². The van der Waals surface area contributed by atoms with Crippen LogP contribution >= 0.6 is 11.8 Å². The summed E-state index contributed by atoms with van der Waals surface area (Å²) in [6.07, 6.45) is 1.81. The molecule has 0 aromatic heterocycles. The van der Waals surface area contributed by atoms with Gasteiger partial charge in [-0.25, -0.2) is 9.79 Å². The fourth-order valence-electron chi connectivity index (χ4n) is 2.86. The molecule has 2 aromatic carbocycles. The third-order valence-electron chi connectivity index (χ3n) is 4.38. The normalized spacial score (nSPS) is 16.1. The van der Waals surface area contributed by atoms with Crippen molar-refractivity contribution in [3.05, 3.63) is 58.5 Å². The molecule has 0 atom stereocenters. The number of rotatable bonds is 7. The Morgan fingerprint density at radius 1 is 1.06 bits per heavy atom. The quantitative estimate of drug-likeness (QED) is 0.466. The van der Waals surface area contributed by atoms with E-state index >= 15 is 0 Å². The topological polar surface area (TPSA) is 77.4 Å². The van der Waals surface area contributed by atoms with Gasteiger partial charge in [0.05, 0.1) is 36.5 Å². The minimum atomic E-state index is -0.409. The molecule has 162 valence electrons. The fourth-order valence-corrected chi connectivity index (χ4v) is 3.85. The number of thioether (sulfide) groups is 1. The molecule has 1 fully saturated rings. The molecule has 1 saturated heterocycles. The number of aliphatic imine (C=N–C) groups is 1. The number of nitrogens with zero attached hydrogens (tertiary/aromatic N) is 2. The number of amidine groups is 1. The lowest BCUT2D eigenvalue weighted by Crippen LogP contribution is -2.23. The lowest BCUT2D eigenvalue weighted by molar-refractivity contribution is -0.121. The van der Waals surface area contributed by atoms with Crippen LogP contribution in [-0.2, 0) is 9.53 Å². The average molecular weight is 441 g/mol. The standard InChI is InChI=1S/C23H24N2O5S/c1-5-29-18-12-7-15(13-19(18)30-6-2)14-20-21(26)25(3)23(31-20)24-17-10-8-16(9-11-17)22(27)28-4/h7-14H,5-6H2,1-4H3/b20-14-,24-23?. The van der Waals surface area contributed by atoms with E-state index in [1.54, 1.807) is 31.3 Å². The van der Waals surface area contributed by atoms with E-state index in [0.717, 1.165) is 5.56 Å². The predicted octanol–water partition coefficient (Wildman–Crippen LogP) is 4.50. The first-order valence-electron chi connectivity index (χ1n) is 9.81. The van der Waals surface area contributed by atoms with Gasteiger partial charge in [0, 0.05) is 7.05 Å². The zero-order chi connectivity index (χ0) is 22.4. The van der Waals surface area contributed by atoms with Crippen LogP contribution in [0.1, 0.15) is 29.8 Å². The molecular weight excluding hydrogens is 416 g/mol. The first-order chi connectivity index (χ1) is 15.0. The Balaban J connectivity index is 1.84. The van der Waals surface area contributed by atoms with Gasteiger partial charge in [-0.3, -0.25) is 9.69 Å². The molecule has 3 rings (SSSR count). The van der Waals surface area contributed by atoms with Crippen molar-refractivity contribution in [3.63, 3.8) is 0 Å². The monoisotopic (exact) mass is 440 g/mol. The van der Waals surface area contributed by atoms with E-state index in [4.69, 9.17) is 14.2 Å². The summed E-state index contributed by atoms with van der Waals surface area (Å²) in [6, 6.07) is 12.3. The fraction of sp³-hybridized carbons (Fsp3) is 0.261. The molecule has 0 spiro atoms. The van der Waals surface area contributed by atoms with Crippen molar-refractivity contribution in [3.8, 4) is 11.5 Å². The van der Waals surface area contributed by atoms with E-state index in [1.807, 2.05) is 38.1 Å². The van der Waals surface area contributed by atoms with Gasteiger partial charge in [0.15, 0.2) is 16.7 Å². The molecule has 0 N–H and O–H groups in total. The van der Waals surface area contributed by atoms with Crippen molar-refractivity contribution in [2.24, 2.45) is 4.99 Å². The number of benzene rings is 2. The second-order valence-electron chi connectivity index (χ2n) is 6.48. The highest BCUT2D eigenvalue weighted by Gasteiger charge is 2.30. The molecule has 1 aliphatic heterocycles. The molecule has 1 aliphatic rings. The number of likely N-dealkylation sites (N-methyl/N-ethyl adjacent to an activating group) is 1. The molecule has 0 bridgehead atoms. The van der Waals surface area contributed by atoms with Crippen molar-refractivity contribution >= 4 is 40.6 Å². The number of ether oxygens (including phenoxy) is 3. The maximum absolute atomic E-state index is 12.7. The molecule has 0 radical (unpaired) electrons. The van der Waals surface area contributed by atoms with E-state index < -0.39 is 5.97 Å². The van der Waals surface area contributed by atoms with E-state index in [2.05, 4.69) is 4.99 Å². The second kappa shape index (κ2) is 10.2. The SMILES string of the molecule is CCOc1ccc(/C=C2\SC(=Nc3ccc(C(=O)OC)cc3)N(C)C2=O)cc1OCC. The zero-order valence-corrected chi connectivity index (χ0v) is 18.7. The Morgan fingerprint density at radius 2 is 1.74 bits per heavy atom. The molecule has 0 unspecified atom stereocenters. The zero-order valence-electron chi connectivity index (χ0n) is 17.9. The van der Waals surface area contributed by atoms with Crippen molar-refractivity contribution in [1.29, 1.82) is 0 Å². The highest BCUT2D eigenvalue weighted by Crippen LogP contribution is 2.35. The summed E-state index contributed by atoms with van der Waals surface area (Å²) in [7, 11) is 3.02. The highest BCUT2D eigenvalue weighted by molar-refractivity contribution is 8.18. The third-order valence-corrected chi connectivity index (χ3v) is 5.44. The summed E-state index contributed by atoms with van der Waals surface area (Å²) < 4.78 is 16.0.